The molecule has 0 N–H and O–H groups in total. The normalized spacial score (nSPS) is 18.2. The van der Waals surface area contributed by atoms with Crippen LogP contribution in [-0.2, 0) is 16.1 Å². The summed E-state index contributed by atoms with van der Waals surface area (Å²) in [6.45, 7) is 4.60. The Morgan fingerprint density at radius 1 is 1.33 bits per heavy atom. The van der Waals surface area contributed by atoms with Crippen LogP contribution in [0.3, 0.4) is 0 Å². The Hall–Kier alpha value is -1.52. The van der Waals surface area contributed by atoms with E-state index in [2.05, 4.69) is 0 Å². The van der Waals surface area contributed by atoms with Gasteiger partial charge in [-0.15, -0.1) is 0 Å². The summed E-state index contributed by atoms with van der Waals surface area (Å²) in [6.07, 6.45) is 0.276. The Labute approximate surface area is 105 Å². The summed E-state index contributed by atoms with van der Waals surface area (Å²) >= 11 is 0. The van der Waals surface area contributed by atoms with Gasteiger partial charge in [-0.2, -0.15) is 0 Å². The first-order chi connectivity index (χ1) is 8.85. The average Bonchev–Trinajstić information content (AvgIpc) is 3.12. The SMILES string of the molecule is CCOCc1cc2cc(OCC3CO3)ccc2o1. The molecular formula is C14H16O4. The molecule has 18 heavy (non-hydrogen) atoms. The van der Waals surface area contributed by atoms with Gasteiger partial charge in [0.1, 0.15) is 36.4 Å². The molecule has 1 saturated heterocycles. The third-order valence-electron chi connectivity index (χ3n) is 2.83. The van der Waals surface area contributed by atoms with Crippen molar-refractivity contribution in [3.63, 3.8) is 0 Å². The Morgan fingerprint density at radius 2 is 2.22 bits per heavy atom. The highest BCUT2D eigenvalue weighted by molar-refractivity contribution is 5.79. The van der Waals surface area contributed by atoms with E-state index in [9.17, 15) is 0 Å². The van der Waals surface area contributed by atoms with Crippen molar-refractivity contribution in [2.24, 2.45) is 0 Å². The molecule has 96 valence electrons. The third kappa shape index (κ3) is 2.66. The second-order valence-corrected chi connectivity index (χ2v) is 4.32. The first kappa shape index (κ1) is 11.6. The van der Waals surface area contributed by atoms with Crippen LogP contribution in [0.1, 0.15) is 12.7 Å². The van der Waals surface area contributed by atoms with Crippen LogP contribution in [0, 0.1) is 0 Å². The second-order valence-electron chi connectivity index (χ2n) is 4.32. The van der Waals surface area contributed by atoms with Crippen LogP contribution in [-0.4, -0.2) is 25.9 Å². The largest absolute Gasteiger partial charge is 0.491 e. The predicted octanol–water partition coefficient (Wildman–Crippen LogP) is 2.75. The van der Waals surface area contributed by atoms with Crippen LogP contribution >= 0.6 is 0 Å². The van der Waals surface area contributed by atoms with E-state index >= 15 is 0 Å². The van der Waals surface area contributed by atoms with E-state index < -0.39 is 0 Å². The van der Waals surface area contributed by atoms with Gasteiger partial charge in [-0.1, -0.05) is 0 Å². The molecule has 0 radical (unpaired) electrons. The van der Waals surface area contributed by atoms with E-state index in [4.69, 9.17) is 18.6 Å². The lowest BCUT2D eigenvalue weighted by Gasteiger charge is -2.02. The highest BCUT2D eigenvalue weighted by Gasteiger charge is 2.23. The van der Waals surface area contributed by atoms with Gasteiger partial charge in [-0.3, -0.25) is 0 Å². The molecule has 1 fully saturated rings. The van der Waals surface area contributed by atoms with Crippen molar-refractivity contribution < 1.29 is 18.6 Å². The summed E-state index contributed by atoms with van der Waals surface area (Å²) in [5, 5.41) is 1.04. The number of epoxide rings is 1. The van der Waals surface area contributed by atoms with Gasteiger partial charge in [0.15, 0.2) is 0 Å². The van der Waals surface area contributed by atoms with Gasteiger partial charge in [0, 0.05) is 12.0 Å². The highest BCUT2D eigenvalue weighted by atomic mass is 16.6. The van der Waals surface area contributed by atoms with Crippen molar-refractivity contribution in [1.29, 1.82) is 0 Å². The molecular weight excluding hydrogens is 232 g/mol. The fourth-order valence-electron chi connectivity index (χ4n) is 1.79. The van der Waals surface area contributed by atoms with Gasteiger partial charge >= 0.3 is 0 Å². The van der Waals surface area contributed by atoms with Crippen LogP contribution in [0.2, 0.25) is 0 Å². The Kier molecular flexibility index (Phi) is 3.21. The molecule has 0 amide bonds. The molecule has 1 aliphatic heterocycles. The molecule has 0 aliphatic carbocycles. The number of hydrogen-bond acceptors (Lipinski definition) is 4. The number of fused-ring (bicyclic) bond motifs is 1. The highest BCUT2D eigenvalue weighted by Crippen LogP contribution is 2.25. The predicted molar refractivity (Wildman–Crippen MR) is 66.8 cm³/mol. The quantitative estimate of drug-likeness (QED) is 0.737. The van der Waals surface area contributed by atoms with Crippen molar-refractivity contribution in [3.05, 3.63) is 30.0 Å². The lowest BCUT2D eigenvalue weighted by Crippen LogP contribution is -2.03. The fourth-order valence-corrected chi connectivity index (χ4v) is 1.79. The average molecular weight is 248 g/mol. The molecule has 4 nitrogen and oxygen atoms in total. The molecule has 1 unspecified atom stereocenters. The van der Waals surface area contributed by atoms with Gasteiger partial charge < -0.3 is 18.6 Å². The molecule has 1 atom stereocenters. The Bertz CT molecular complexity index is 528. The van der Waals surface area contributed by atoms with Gasteiger partial charge in [0.05, 0.1) is 6.61 Å². The number of rotatable bonds is 6. The van der Waals surface area contributed by atoms with Gasteiger partial charge in [-0.25, -0.2) is 0 Å². The Balaban J connectivity index is 1.73. The molecule has 2 heterocycles. The minimum atomic E-state index is 0.276. The van der Waals surface area contributed by atoms with Crippen molar-refractivity contribution in [2.75, 3.05) is 19.8 Å². The summed E-state index contributed by atoms with van der Waals surface area (Å²) in [7, 11) is 0. The zero-order valence-electron chi connectivity index (χ0n) is 10.3. The van der Waals surface area contributed by atoms with Crippen LogP contribution in [0.5, 0.6) is 5.75 Å². The van der Waals surface area contributed by atoms with E-state index in [0.29, 0.717) is 19.8 Å². The molecule has 3 rings (SSSR count). The van der Waals surface area contributed by atoms with Crippen molar-refractivity contribution >= 4 is 11.0 Å². The molecule has 1 aromatic carbocycles. The minimum Gasteiger partial charge on any atom is -0.491 e. The lowest BCUT2D eigenvalue weighted by atomic mass is 10.2. The topological polar surface area (TPSA) is 44.1 Å². The monoisotopic (exact) mass is 248 g/mol. The maximum atomic E-state index is 5.66. The zero-order valence-corrected chi connectivity index (χ0v) is 10.3. The van der Waals surface area contributed by atoms with Gasteiger partial charge in [0.2, 0.25) is 0 Å². The molecule has 4 heteroatoms. The van der Waals surface area contributed by atoms with Crippen LogP contribution in [0.25, 0.3) is 11.0 Å². The standard InChI is InChI=1S/C14H16O4/c1-2-15-7-12-6-10-5-11(3-4-14(10)18-12)16-8-13-9-17-13/h3-6,13H,2,7-9H2,1H3. The van der Waals surface area contributed by atoms with E-state index in [1.807, 2.05) is 31.2 Å². The second kappa shape index (κ2) is 5.00. The number of hydrogen-bond donors (Lipinski definition) is 0. The summed E-state index contributed by atoms with van der Waals surface area (Å²) < 4.78 is 21.7. The number of benzene rings is 1. The van der Waals surface area contributed by atoms with Crippen molar-refractivity contribution in [1.82, 2.24) is 0 Å². The maximum absolute atomic E-state index is 5.66. The van der Waals surface area contributed by atoms with E-state index in [1.54, 1.807) is 0 Å². The Morgan fingerprint density at radius 3 is 3.00 bits per heavy atom. The molecule has 0 bridgehead atoms. The molecule has 1 aliphatic rings. The van der Waals surface area contributed by atoms with Gasteiger partial charge in [-0.05, 0) is 31.2 Å². The zero-order chi connectivity index (χ0) is 12.4. The summed E-state index contributed by atoms with van der Waals surface area (Å²) in [5.74, 6) is 1.69. The number of furan rings is 1. The smallest absolute Gasteiger partial charge is 0.134 e. The summed E-state index contributed by atoms with van der Waals surface area (Å²) in [4.78, 5) is 0. The van der Waals surface area contributed by atoms with Crippen molar-refractivity contribution in [2.45, 2.75) is 19.6 Å². The van der Waals surface area contributed by atoms with E-state index in [1.165, 1.54) is 0 Å². The molecule has 2 aromatic rings. The molecule has 0 spiro atoms. The van der Waals surface area contributed by atoms with E-state index in [0.717, 1.165) is 29.1 Å². The van der Waals surface area contributed by atoms with E-state index in [-0.39, 0.29) is 6.10 Å². The summed E-state index contributed by atoms with van der Waals surface area (Å²) in [5.41, 5.74) is 0.861. The minimum absolute atomic E-state index is 0.276. The van der Waals surface area contributed by atoms with Crippen LogP contribution in [0.15, 0.2) is 28.7 Å². The first-order valence-corrected chi connectivity index (χ1v) is 6.20. The molecule has 0 saturated carbocycles. The number of ether oxygens (including phenoxy) is 3. The van der Waals surface area contributed by atoms with Crippen LogP contribution in [0.4, 0.5) is 0 Å². The van der Waals surface area contributed by atoms with Crippen LogP contribution < -0.4 is 4.74 Å². The molecule has 1 aromatic heterocycles. The fraction of sp³-hybridized carbons (Fsp3) is 0.429. The first-order valence-electron chi connectivity index (χ1n) is 6.20. The lowest BCUT2D eigenvalue weighted by molar-refractivity contribution is 0.119. The summed E-state index contributed by atoms with van der Waals surface area (Å²) in [6, 6.07) is 7.81. The third-order valence-corrected chi connectivity index (χ3v) is 2.83. The maximum Gasteiger partial charge on any atom is 0.134 e. The van der Waals surface area contributed by atoms with Crippen molar-refractivity contribution in [3.8, 4) is 5.75 Å². The van der Waals surface area contributed by atoms with Gasteiger partial charge in [0.25, 0.3) is 0 Å².